The molecule has 79 heavy (non-hydrogen) atoms. The minimum absolute atomic E-state index is 0.0147. The van der Waals surface area contributed by atoms with Crippen molar-refractivity contribution in [3.8, 4) is 20.9 Å². The van der Waals surface area contributed by atoms with Gasteiger partial charge in [-0.05, 0) is 83.8 Å². The Morgan fingerprint density at radius 1 is 0.658 bits per heavy atom. The second kappa shape index (κ2) is 22.5. The Kier molecular flexibility index (Phi) is 17.0. The average molecular weight is 1190 g/mol. The van der Waals surface area contributed by atoms with Crippen molar-refractivity contribution in [3.05, 3.63) is 57.1 Å². The van der Waals surface area contributed by atoms with Crippen LogP contribution in [0.4, 0.5) is 38.0 Å². The summed E-state index contributed by atoms with van der Waals surface area (Å²) in [7, 11) is -6.34. The van der Waals surface area contributed by atoms with E-state index in [4.69, 9.17) is 0 Å². The lowest BCUT2D eigenvalue weighted by Gasteiger charge is -2.54. The van der Waals surface area contributed by atoms with Gasteiger partial charge in [-0.25, -0.2) is 36.8 Å². The zero-order valence-electron chi connectivity index (χ0n) is 44.8. The van der Waals surface area contributed by atoms with Crippen LogP contribution in [0.2, 0.25) is 0 Å². The predicted molar refractivity (Wildman–Crippen MR) is 288 cm³/mol. The zero-order valence-corrected chi connectivity index (χ0v) is 48.1. The molecule has 432 valence electrons. The molecule has 28 heteroatoms. The highest BCUT2D eigenvalue weighted by atomic mass is 32.2. The molecule has 1 spiro atoms. The van der Waals surface area contributed by atoms with E-state index in [1.807, 2.05) is 34.6 Å². The van der Waals surface area contributed by atoms with E-state index in [0.717, 1.165) is 74.4 Å². The van der Waals surface area contributed by atoms with Crippen LogP contribution in [0.5, 0.6) is 0 Å². The summed E-state index contributed by atoms with van der Waals surface area (Å²) in [5.41, 5.74) is -3.71. The Morgan fingerprint density at radius 2 is 1.10 bits per heavy atom. The molecule has 5 aliphatic rings. The van der Waals surface area contributed by atoms with Crippen LogP contribution in [0.3, 0.4) is 0 Å². The average Bonchev–Trinajstić information content (AvgIpc) is 3.93. The molecule has 4 aromatic heterocycles. The van der Waals surface area contributed by atoms with Crippen molar-refractivity contribution in [2.75, 3.05) is 79.5 Å². The Bertz CT molecular complexity index is 3200. The van der Waals surface area contributed by atoms with Gasteiger partial charge < -0.3 is 30.2 Å². The zero-order chi connectivity index (χ0) is 57.8. The number of hydrogen-bond donors (Lipinski definition) is 2. The van der Waals surface area contributed by atoms with E-state index in [-0.39, 0.29) is 127 Å². The molecule has 4 aromatic rings. The highest BCUT2D eigenvalue weighted by Gasteiger charge is 2.57. The van der Waals surface area contributed by atoms with Gasteiger partial charge in [-0.15, -0.1) is 22.7 Å². The Balaban J connectivity index is 0.000000208. The molecule has 0 saturated carbocycles. The minimum atomic E-state index is -4.77. The van der Waals surface area contributed by atoms with Crippen molar-refractivity contribution < 1.29 is 62.4 Å². The van der Waals surface area contributed by atoms with Crippen molar-refractivity contribution in [2.45, 2.75) is 117 Å². The Labute approximate surface area is 463 Å². The third-order valence-electron chi connectivity index (χ3n) is 14.3. The summed E-state index contributed by atoms with van der Waals surface area (Å²) in [5, 5.41) is 5.54. The van der Waals surface area contributed by atoms with E-state index in [2.05, 4.69) is 30.6 Å². The first-order valence-corrected chi connectivity index (χ1v) is 31.3. The maximum atomic E-state index is 14.4. The summed E-state index contributed by atoms with van der Waals surface area (Å²) in [5.74, 6) is -2.50. The third kappa shape index (κ3) is 13.7. The van der Waals surface area contributed by atoms with E-state index in [9.17, 15) is 62.4 Å². The van der Waals surface area contributed by atoms with Crippen molar-refractivity contribution >= 4 is 77.6 Å². The molecule has 9 heterocycles. The third-order valence-corrected chi connectivity index (χ3v) is 20.2. The van der Waals surface area contributed by atoms with Crippen molar-refractivity contribution in [1.29, 1.82) is 0 Å². The van der Waals surface area contributed by atoms with Crippen LogP contribution in [0, 0.1) is 10.8 Å². The van der Waals surface area contributed by atoms with Gasteiger partial charge in [0.1, 0.15) is 23.0 Å². The summed E-state index contributed by atoms with van der Waals surface area (Å²) < 4.78 is 133. The van der Waals surface area contributed by atoms with E-state index in [1.54, 1.807) is 23.6 Å². The quantitative estimate of drug-likeness (QED) is 0.142. The number of amides is 4. The molecule has 18 nitrogen and oxygen atoms in total. The molecule has 0 radical (unpaired) electrons. The number of aromatic nitrogens is 4. The molecule has 0 unspecified atom stereocenters. The summed E-state index contributed by atoms with van der Waals surface area (Å²) >= 11 is 1.44. The molecular weight excluding hydrogens is 1120 g/mol. The predicted octanol–water partition coefficient (Wildman–Crippen LogP) is 8.50. The van der Waals surface area contributed by atoms with Crippen LogP contribution in [-0.2, 0) is 32.0 Å². The number of anilines is 2. The van der Waals surface area contributed by atoms with Gasteiger partial charge in [-0.2, -0.15) is 26.3 Å². The number of halogens is 6. The van der Waals surface area contributed by atoms with Crippen molar-refractivity contribution in [3.63, 3.8) is 0 Å². The molecule has 5 fully saturated rings. The highest BCUT2D eigenvalue weighted by molar-refractivity contribution is 7.92. The summed E-state index contributed by atoms with van der Waals surface area (Å²) in [6.07, 6.45) is -2.47. The van der Waals surface area contributed by atoms with Gasteiger partial charge in [-0.1, -0.05) is 20.8 Å². The number of likely N-dealkylation sites (tertiary alicyclic amines) is 3. The molecule has 0 aromatic carbocycles. The smallest absolute Gasteiger partial charge is 0.370 e. The number of piperidine rings is 2. The standard InChI is InChI=1S/C26H34F3N5O4S2.C25H30F3N5O4S2/c1-16-7-5-6-8-34(16)23(35)20-21(39-22(32-20)24(36)33-9-11-40(37,38)12-10-33)17-14-30-19(31-15-25(2,3)4)13-18(17)26(27,28)29;1-14(2)30-18-8-17(25(26,27)28)16(9-29-18)20-19(22(34)33-7-5-4-6-15(33)3)31-21(38-20)23(35)32-10-24(11-32)12-39(36,37)13-24/h13-14,16H,5-12,15H2,1-4H3,(H,30,31);8-9,14-15H,4-7,10-13H2,1-3H3,(H,29,30)/t16-;15-/m00/s1. The number of thiazole rings is 2. The highest BCUT2D eigenvalue weighted by Crippen LogP contribution is 2.46. The lowest BCUT2D eigenvalue weighted by molar-refractivity contribution is -0.137. The first kappa shape index (κ1) is 59.6. The molecule has 9 rings (SSSR count). The van der Waals surface area contributed by atoms with Gasteiger partial charge in [0, 0.05) is 92.9 Å². The fourth-order valence-corrected chi connectivity index (χ4v) is 15.7. The fourth-order valence-electron chi connectivity index (χ4n) is 10.3. The van der Waals surface area contributed by atoms with Crippen molar-refractivity contribution in [2.24, 2.45) is 10.8 Å². The molecule has 0 bridgehead atoms. The largest absolute Gasteiger partial charge is 0.417 e. The molecule has 5 aliphatic heterocycles. The second-order valence-corrected chi connectivity index (χ2v) is 29.0. The van der Waals surface area contributed by atoms with Gasteiger partial charge >= 0.3 is 12.4 Å². The van der Waals surface area contributed by atoms with Gasteiger partial charge in [0.15, 0.2) is 29.7 Å². The number of alkyl halides is 6. The number of rotatable bonds is 10. The fraction of sp³-hybridized carbons (Fsp3) is 0.608. The Hall–Kier alpha value is -5.48. The number of carbonyl (C=O) groups is 4. The lowest BCUT2D eigenvalue weighted by Crippen LogP contribution is -2.69. The van der Waals surface area contributed by atoms with Crippen molar-refractivity contribution in [1.82, 2.24) is 39.5 Å². The number of nitrogens with zero attached hydrogens (tertiary/aromatic N) is 8. The number of nitrogens with one attached hydrogen (secondary N) is 2. The number of pyridine rings is 2. The first-order chi connectivity index (χ1) is 36.7. The normalized spacial score (nSPS) is 20.9. The SMILES string of the molecule is CC(C)Nc1cc(C(F)(F)F)c(-c2sc(C(=O)N3CC4(C3)CS(=O)(=O)C4)nc2C(=O)N2CCCC[C@@H]2C)cn1.C[C@H]1CCCCN1C(=O)c1nc(C(=O)N2CCS(=O)(=O)CC2)sc1-c1cnc(NCC(C)(C)C)cc1C(F)(F)F. The van der Waals surface area contributed by atoms with Crippen LogP contribution < -0.4 is 10.6 Å². The lowest BCUT2D eigenvalue weighted by atomic mass is 9.83. The number of carbonyl (C=O) groups excluding carboxylic acids is 4. The molecule has 2 N–H and O–H groups in total. The number of hydrogen-bond acceptors (Lipinski definition) is 16. The first-order valence-electron chi connectivity index (χ1n) is 26.0. The van der Waals surface area contributed by atoms with Gasteiger partial charge in [0.2, 0.25) is 0 Å². The van der Waals surface area contributed by atoms with Gasteiger partial charge in [-0.3, -0.25) is 19.2 Å². The molecule has 4 amide bonds. The summed E-state index contributed by atoms with van der Waals surface area (Å²) in [4.78, 5) is 76.7. The maximum Gasteiger partial charge on any atom is 0.417 e. The van der Waals surface area contributed by atoms with Crippen LogP contribution >= 0.6 is 22.7 Å². The molecule has 0 aliphatic carbocycles. The summed E-state index contributed by atoms with van der Waals surface area (Å²) in [6, 6.07) is 1.42. The second-order valence-electron chi connectivity index (χ2n) is 22.7. The molecular formula is C51H64F6N10O8S4. The monoisotopic (exact) mass is 1190 g/mol. The van der Waals surface area contributed by atoms with Crippen LogP contribution in [0.1, 0.15) is 139 Å². The van der Waals surface area contributed by atoms with Crippen LogP contribution in [0.25, 0.3) is 20.9 Å². The van der Waals surface area contributed by atoms with Crippen LogP contribution in [-0.4, -0.2) is 167 Å². The van der Waals surface area contributed by atoms with E-state index < -0.39 is 72.2 Å². The van der Waals surface area contributed by atoms with Gasteiger partial charge in [0.05, 0.1) is 43.9 Å². The van der Waals surface area contributed by atoms with E-state index in [0.29, 0.717) is 31.0 Å². The van der Waals surface area contributed by atoms with E-state index in [1.165, 1.54) is 9.80 Å². The molecule has 5 saturated heterocycles. The minimum Gasteiger partial charge on any atom is -0.370 e. The van der Waals surface area contributed by atoms with Crippen LogP contribution in [0.15, 0.2) is 24.5 Å². The number of sulfone groups is 2. The van der Waals surface area contributed by atoms with Gasteiger partial charge in [0.25, 0.3) is 23.6 Å². The van der Waals surface area contributed by atoms with E-state index >= 15 is 0 Å². The maximum absolute atomic E-state index is 14.4. The topological polar surface area (TPSA) is 225 Å². The Morgan fingerprint density at radius 3 is 1.52 bits per heavy atom. The summed E-state index contributed by atoms with van der Waals surface area (Å²) in [6.45, 7) is 14.8. The molecule has 2 atom stereocenters.